The molecule has 0 aliphatic carbocycles. The number of amides is 1. The standard InChI is InChI=1S/C24H23BrN2O2/c25-22-12-6-4-8-19(22)18-29-23-13-7-5-11-21(23)24(28)27-16-14-26(15-17-27)20-9-2-1-3-10-20/h1-13H,14-18H2. The van der Waals surface area contributed by atoms with E-state index in [9.17, 15) is 4.79 Å². The number of carbonyl (C=O) groups excluding carboxylic acids is 1. The maximum atomic E-state index is 13.2. The highest BCUT2D eigenvalue weighted by molar-refractivity contribution is 9.10. The summed E-state index contributed by atoms with van der Waals surface area (Å²) < 4.78 is 7.02. The molecular weight excluding hydrogens is 428 g/mol. The molecule has 0 N–H and O–H groups in total. The minimum absolute atomic E-state index is 0.0282. The van der Waals surface area contributed by atoms with Gasteiger partial charge >= 0.3 is 0 Å². The molecule has 0 saturated carbocycles. The Morgan fingerprint density at radius 3 is 2.24 bits per heavy atom. The summed E-state index contributed by atoms with van der Waals surface area (Å²) in [4.78, 5) is 17.4. The Labute approximate surface area is 179 Å². The van der Waals surface area contributed by atoms with Gasteiger partial charge in [0.05, 0.1) is 5.56 Å². The van der Waals surface area contributed by atoms with Crippen LogP contribution in [0.4, 0.5) is 5.69 Å². The second-order valence-electron chi connectivity index (χ2n) is 6.99. The molecule has 1 amide bonds. The van der Waals surface area contributed by atoms with Crippen LogP contribution in [0.15, 0.2) is 83.3 Å². The molecule has 1 aliphatic heterocycles. The highest BCUT2D eigenvalue weighted by atomic mass is 79.9. The second kappa shape index (κ2) is 9.14. The lowest BCUT2D eigenvalue weighted by Crippen LogP contribution is -2.48. The van der Waals surface area contributed by atoms with E-state index < -0.39 is 0 Å². The Morgan fingerprint density at radius 1 is 0.828 bits per heavy atom. The van der Waals surface area contributed by atoms with Crippen molar-refractivity contribution in [2.45, 2.75) is 6.61 Å². The SMILES string of the molecule is O=C(c1ccccc1OCc1ccccc1Br)N1CCN(c2ccccc2)CC1. The van der Waals surface area contributed by atoms with Crippen LogP contribution in [0.5, 0.6) is 5.75 Å². The molecule has 0 radical (unpaired) electrons. The monoisotopic (exact) mass is 450 g/mol. The van der Waals surface area contributed by atoms with Crippen LogP contribution in [0.1, 0.15) is 15.9 Å². The van der Waals surface area contributed by atoms with Crippen molar-refractivity contribution in [1.82, 2.24) is 4.90 Å². The van der Waals surface area contributed by atoms with E-state index in [1.54, 1.807) is 0 Å². The predicted molar refractivity (Wildman–Crippen MR) is 119 cm³/mol. The van der Waals surface area contributed by atoms with Crippen molar-refractivity contribution in [1.29, 1.82) is 0 Å². The fourth-order valence-electron chi connectivity index (χ4n) is 3.52. The van der Waals surface area contributed by atoms with Crippen molar-refractivity contribution >= 4 is 27.5 Å². The molecule has 0 bridgehead atoms. The van der Waals surface area contributed by atoms with Gasteiger partial charge in [-0.25, -0.2) is 0 Å². The zero-order valence-electron chi connectivity index (χ0n) is 16.1. The molecule has 1 saturated heterocycles. The van der Waals surface area contributed by atoms with Gasteiger partial charge in [0, 0.05) is 41.9 Å². The zero-order valence-corrected chi connectivity index (χ0v) is 17.7. The van der Waals surface area contributed by atoms with E-state index >= 15 is 0 Å². The third kappa shape index (κ3) is 4.62. The number of piperazine rings is 1. The quantitative estimate of drug-likeness (QED) is 0.548. The number of halogens is 1. The molecule has 3 aromatic rings. The Morgan fingerprint density at radius 2 is 1.48 bits per heavy atom. The molecule has 0 spiro atoms. The average molecular weight is 451 g/mol. The number of hydrogen-bond donors (Lipinski definition) is 0. The maximum Gasteiger partial charge on any atom is 0.257 e. The summed E-state index contributed by atoms with van der Waals surface area (Å²) in [6.45, 7) is 3.47. The highest BCUT2D eigenvalue weighted by Crippen LogP contribution is 2.24. The first-order valence-electron chi connectivity index (χ1n) is 9.77. The molecule has 4 rings (SSSR count). The Bertz CT molecular complexity index is 969. The summed E-state index contributed by atoms with van der Waals surface area (Å²) in [5, 5.41) is 0. The van der Waals surface area contributed by atoms with Gasteiger partial charge < -0.3 is 14.5 Å². The van der Waals surface area contributed by atoms with Gasteiger partial charge in [0.1, 0.15) is 12.4 Å². The Kier molecular flexibility index (Phi) is 6.15. The molecule has 0 aromatic heterocycles. The van der Waals surface area contributed by atoms with Crippen LogP contribution in [0.25, 0.3) is 0 Å². The van der Waals surface area contributed by atoms with Crippen molar-refractivity contribution < 1.29 is 9.53 Å². The summed E-state index contributed by atoms with van der Waals surface area (Å²) in [5.41, 5.74) is 2.87. The third-order valence-corrected chi connectivity index (χ3v) is 5.92. The number of anilines is 1. The van der Waals surface area contributed by atoms with Gasteiger partial charge in [-0.2, -0.15) is 0 Å². The van der Waals surface area contributed by atoms with E-state index in [4.69, 9.17) is 4.74 Å². The van der Waals surface area contributed by atoms with E-state index in [1.165, 1.54) is 5.69 Å². The lowest BCUT2D eigenvalue weighted by atomic mass is 10.1. The van der Waals surface area contributed by atoms with Crippen molar-refractivity contribution in [2.75, 3.05) is 31.1 Å². The van der Waals surface area contributed by atoms with Gasteiger partial charge in [-0.1, -0.05) is 64.5 Å². The normalized spacial score (nSPS) is 14.0. The van der Waals surface area contributed by atoms with E-state index in [1.807, 2.05) is 71.6 Å². The summed E-state index contributed by atoms with van der Waals surface area (Å²) >= 11 is 3.54. The number of benzene rings is 3. The molecule has 3 aromatic carbocycles. The molecule has 0 atom stereocenters. The molecular formula is C24H23BrN2O2. The van der Waals surface area contributed by atoms with Crippen LogP contribution in [-0.4, -0.2) is 37.0 Å². The number of nitrogens with zero attached hydrogens (tertiary/aromatic N) is 2. The van der Waals surface area contributed by atoms with Gasteiger partial charge in [0.25, 0.3) is 5.91 Å². The number of hydrogen-bond acceptors (Lipinski definition) is 3. The minimum atomic E-state index is 0.0282. The number of ether oxygens (including phenoxy) is 1. The first-order chi connectivity index (χ1) is 14.2. The molecule has 1 heterocycles. The van der Waals surface area contributed by atoms with Crippen molar-refractivity contribution in [2.24, 2.45) is 0 Å². The maximum absolute atomic E-state index is 13.2. The van der Waals surface area contributed by atoms with E-state index in [0.717, 1.165) is 23.1 Å². The van der Waals surface area contributed by atoms with Gasteiger partial charge in [-0.05, 0) is 30.3 Å². The van der Waals surface area contributed by atoms with Crippen LogP contribution in [0, 0.1) is 0 Å². The van der Waals surface area contributed by atoms with Gasteiger partial charge in [-0.3, -0.25) is 4.79 Å². The van der Waals surface area contributed by atoms with E-state index in [0.29, 0.717) is 31.0 Å². The average Bonchev–Trinajstić information content (AvgIpc) is 2.79. The van der Waals surface area contributed by atoms with Crippen LogP contribution >= 0.6 is 15.9 Å². The van der Waals surface area contributed by atoms with Crippen LogP contribution in [-0.2, 0) is 6.61 Å². The topological polar surface area (TPSA) is 32.8 Å². The Hall–Kier alpha value is -2.79. The number of carbonyl (C=O) groups is 1. The van der Waals surface area contributed by atoms with Gasteiger partial charge in [0.2, 0.25) is 0 Å². The Balaban J connectivity index is 1.42. The number of rotatable bonds is 5. The first-order valence-corrected chi connectivity index (χ1v) is 10.6. The lowest BCUT2D eigenvalue weighted by molar-refractivity contribution is 0.0742. The summed E-state index contributed by atoms with van der Waals surface area (Å²) in [7, 11) is 0. The lowest BCUT2D eigenvalue weighted by Gasteiger charge is -2.36. The van der Waals surface area contributed by atoms with Crippen LogP contribution in [0.3, 0.4) is 0 Å². The largest absolute Gasteiger partial charge is 0.488 e. The predicted octanol–water partition coefficient (Wildman–Crippen LogP) is 4.99. The molecule has 29 heavy (non-hydrogen) atoms. The third-order valence-electron chi connectivity index (χ3n) is 5.15. The minimum Gasteiger partial charge on any atom is -0.488 e. The van der Waals surface area contributed by atoms with Crippen LogP contribution < -0.4 is 9.64 Å². The highest BCUT2D eigenvalue weighted by Gasteiger charge is 2.24. The second-order valence-corrected chi connectivity index (χ2v) is 7.85. The van der Waals surface area contributed by atoms with Gasteiger partial charge in [-0.15, -0.1) is 0 Å². The summed E-state index contributed by atoms with van der Waals surface area (Å²) in [6, 6.07) is 25.8. The van der Waals surface area contributed by atoms with Crippen molar-refractivity contribution in [3.8, 4) is 5.75 Å². The summed E-state index contributed by atoms with van der Waals surface area (Å²) in [5.74, 6) is 0.652. The van der Waals surface area contributed by atoms with Crippen molar-refractivity contribution in [3.63, 3.8) is 0 Å². The number of para-hydroxylation sites is 2. The van der Waals surface area contributed by atoms with Crippen molar-refractivity contribution in [3.05, 3.63) is 94.5 Å². The van der Waals surface area contributed by atoms with Gasteiger partial charge in [0.15, 0.2) is 0 Å². The molecule has 0 unspecified atom stereocenters. The molecule has 148 valence electrons. The molecule has 1 fully saturated rings. The molecule has 5 heteroatoms. The fraction of sp³-hybridized carbons (Fsp3) is 0.208. The smallest absolute Gasteiger partial charge is 0.257 e. The van der Waals surface area contributed by atoms with E-state index in [2.05, 4.69) is 33.0 Å². The molecule has 1 aliphatic rings. The first kappa shape index (κ1) is 19.5. The molecule has 4 nitrogen and oxygen atoms in total. The van der Waals surface area contributed by atoms with Crippen LogP contribution in [0.2, 0.25) is 0 Å². The summed E-state index contributed by atoms with van der Waals surface area (Å²) in [6.07, 6.45) is 0. The van der Waals surface area contributed by atoms with E-state index in [-0.39, 0.29) is 5.91 Å². The fourth-order valence-corrected chi connectivity index (χ4v) is 3.92. The zero-order chi connectivity index (χ0) is 20.1.